The Balaban J connectivity index is 1.62. The molecule has 0 bridgehead atoms. The number of hydrogen-bond acceptors (Lipinski definition) is 4. The molecule has 2 aliphatic rings. The van der Waals surface area contributed by atoms with Gasteiger partial charge in [0.25, 0.3) is 5.91 Å². The van der Waals surface area contributed by atoms with E-state index in [2.05, 4.69) is 22.9 Å². The van der Waals surface area contributed by atoms with Gasteiger partial charge in [-0.2, -0.15) is 5.26 Å². The van der Waals surface area contributed by atoms with Crippen LogP contribution in [0.5, 0.6) is 0 Å². The number of rotatable bonds is 6. The predicted molar refractivity (Wildman–Crippen MR) is 128 cm³/mol. The molecule has 1 atom stereocenters. The molecule has 1 aliphatic carbocycles. The molecule has 0 radical (unpaired) electrons. The summed E-state index contributed by atoms with van der Waals surface area (Å²) < 4.78 is 7.45. The van der Waals surface area contributed by atoms with Crippen molar-refractivity contribution < 1.29 is 14.3 Å². The molecule has 2 heterocycles. The summed E-state index contributed by atoms with van der Waals surface area (Å²) in [6.45, 7) is 8.49. The first-order valence-electron chi connectivity index (χ1n) is 12.0. The van der Waals surface area contributed by atoms with Crippen LogP contribution in [0.25, 0.3) is 6.08 Å². The average Bonchev–Trinajstić information content (AvgIpc) is 3.10. The highest BCUT2D eigenvalue weighted by atomic mass is 16.5. The molecule has 1 aliphatic heterocycles. The molecule has 0 aromatic carbocycles. The molecule has 1 N–H and O–H groups in total. The number of nitrogens with one attached hydrogen (secondary N) is 1. The van der Waals surface area contributed by atoms with Crippen molar-refractivity contribution >= 4 is 18.0 Å². The lowest BCUT2D eigenvalue weighted by molar-refractivity contribution is -0.128. The second kappa shape index (κ2) is 11.4. The summed E-state index contributed by atoms with van der Waals surface area (Å²) in [7, 11) is 1.68. The van der Waals surface area contributed by atoms with E-state index in [0.29, 0.717) is 32.8 Å². The van der Waals surface area contributed by atoms with Gasteiger partial charge >= 0.3 is 6.03 Å². The van der Waals surface area contributed by atoms with Crippen LogP contribution >= 0.6 is 0 Å². The van der Waals surface area contributed by atoms with Crippen LogP contribution < -0.4 is 5.32 Å². The SMILES string of the molecule is COCC(C)n1c(C)cc(/C=C(\C#N)C(=O)N2CCN(C(=O)NC3CCCCC3)CC2)c1C. The van der Waals surface area contributed by atoms with Gasteiger partial charge in [-0.25, -0.2) is 4.79 Å². The van der Waals surface area contributed by atoms with Gasteiger partial charge in [0.1, 0.15) is 11.6 Å². The average molecular weight is 456 g/mol. The highest BCUT2D eigenvalue weighted by molar-refractivity contribution is 6.02. The van der Waals surface area contributed by atoms with Gasteiger partial charge in [-0.3, -0.25) is 4.79 Å². The topological polar surface area (TPSA) is 90.6 Å². The Bertz CT molecular complexity index is 915. The van der Waals surface area contributed by atoms with Crippen LogP contribution in [0.4, 0.5) is 4.79 Å². The molecule has 0 spiro atoms. The summed E-state index contributed by atoms with van der Waals surface area (Å²) in [5.41, 5.74) is 3.05. The zero-order chi connectivity index (χ0) is 24.0. The molecule has 1 aromatic heterocycles. The van der Waals surface area contributed by atoms with Crippen LogP contribution in [0.15, 0.2) is 11.6 Å². The summed E-state index contributed by atoms with van der Waals surface area (Å²) in [6.07, 6.45) is 7.37. The van der Waals surface area contributed by atoms with E-state index < -0.39 is 0 Å². The Labute approximate surface area is 197 Å². The van der Waals surface area contributed by atoms with E-state index in [1.807, 2.05) is 19.9 Å². The normalized spacial score (nSPS) is 18.7. The molecule has 1 unspecified atom stereocenters. The van der Waals surface area contributed by atoms with E-state index in [1.165, 1.54) is 19.3 Å². The zero-order valence-corrected chi connectivity index (χ0v) is 20.4. The second-order valence-corrected chi connectivity index (χ2v) is 9.23. The van der Waals surface area contributed by atoms with Gasteiger partial charge in [0.05, 0.1) is 12.6 Å². The van der Waals surface area contributed by atoms with Gasteiger partial charge in [0.2, 0.25) is 0 Å². The van der Waals surface area contributed by atoms with Crippen LogP contribution in [0.2, 0.25) is 0 Å². The van der Waals surface area contributed by atoms with E-state index in [1.54, 1.807) is 23.0 Å². The third-order valence-electron chi connectivity index (χ3n) is 6.81. The quantitative estimate of drug-likeness (QED) is 0.526. The first-order chi connectivity index (χ1) is 15.8. The van der Waals surface area contributed by atoms with Gasteiger partial charge in [-0.1, -0.05) is 19.3 Å². The van der Waals surface area contributed by atoms with Crippen molar-refractivity contribution in [2.45, 2.75) is 65.0 Å². The highest BCUT2D eigenvalue weighted by Gasteiger charge is 2.27. The lowest BCUT2D eigenvalue weighted by Crippen LogP contribution is -2.54. The van der Waals surface area contributed by atoms with Gasteiger partial charge in [-0.15, -0.1) is 0 Å². The minimum absolute atomic E-state index is 0.0392. The fourth-order valence-corrected chi connectivity index (χ4v) is 5.04. The van der Waals surface area contributed by atoms with Crippen LogP contribution in [0.3, 0.4) is 0 Å². The van der Waals surface area contributed by atoms with E-state index >= 15 is 0 Å². The van der Waals surface area contributed by atoms with Crippen LogP contribution in [0, 0.1) is 25.2 Å². The van der Waals surface area contributed by atoms with Crippen LogP contribution in [-0.4, -0.2) is 72.2 Å². The summed E-state index contributed by atoms with van der Waals surface area (Å²) in [6, 6.07) is 4.48. The molecule has 1 saturated heterocycles. The molecule has 2 fully saturated rings. The molecule has 8 nitrogen and oxygen atoms in total. The van der Waals surface area contributed by atoms with Crippen molar-refractivity contribution in [3.8, 4) is 6.07 Å². The van der Waals surface area contributed by atoms with Crippen molar-refractivity contribution in [3.05, 3.63) is 28.6 Å². The molecule has 33 heavy (non-hydrogen) atoms. The summed E-state index contributed by atoms with van der Waals surface area (Å²) in [5, 5.41) is 12.8. The van der Waals surface area contributed by atoms with Gasteiger partial charge in [-0.05, 0) is 51.3 Å². The number of piperazine rings is 1. The Morgan fingerprint density at radius 2 is 1.82 bits per heavy atom. The fourth-order valence-electron chi connectivity index (χ4n) is 5.04. The largest absolute Gasteiger partial charge is 0.383 e. The monoisotopic (exact) mass is 455 g/mol. The van der Waals surface area contributed by atoms with Crippen LogP contribution in [-0.2, 0) is 9.53 Å². The third-order valence-corrected chi connectivity index (χ3v) is 6.81. The minimum Gasteiger partial charge on any atom is -0.383 e. The maximum atomic E-state index is 13.1. The van der Waals surface area contributed by atoms with Crippen LogP contribution in [0.1, 0.15) is 62.0 Å². The molecule has 1 aromatic rings. The van der Waals surface area contributed by atoms with E-state index in [4.69, 9.17) is 4.74 Å². The number of aryl methyl sites for hydroxylation is 1. The van der Waals surface area contributed by atoms with Crippen molar-refractivity contribution in [2.24, 2.45) is 0 Å². The maximum absolute atomic E-state index is 13.1. The Kier molecular flexibility index (Phi) is 8.56. The fraction of sp³-hybridized carbons (Fsp3) is 0.640. The molecular formula is C25H37N5O3. The zero-order valence-electron chi connectivity index (χ0n) is 20.4. The molecular weight excluding hydrogens is 418 g/mol. The van der Waals surface area contributed by atoms with Gasteiger partial charge in [0.15, 0.2) is 0 Å². The predicted octanol–water partition coefficient (Wildman–Crippen LogP) is 3.41. The van der Waals surface area contributed by atoms with Gasteiger partial charge in [0, 0.05) is 50.7 Å². The summed E-state index contributed by atoms with van der Waals surface area (Å²) in [5.74, 6) is -0.278. The number of aromatic nitrogens is 1. The smallest absolute Gasteiger partial charge is 0.317 e. The lowest BCUT2D eigenvalue weighted by atomic mass is 9.96. The van der Waals surface area contributed by atoms with Crippen molar-refractivity contribution in [3.63, 3.8) is 0 Å². The van der Waals surface area contributed by atoms with E-state index in [0.717, 1.165) is 29.8 Å². The van der Waals surface area contributed by atoms with E-state index in [-0.39, 0.29) is 29.6 Å². The first-order valence-corrected chi connectivity index (χ1v) is 12.0. The number of methoxy groups -OCH3 is 1. The molecule has 8 heteroatoms. The van der Waals surface area contributed by atoms with Crippen molar-refractivity contribution in [1.82, 2.24) is 19.7 Å². The highest BCUT2D eigenvalue weighted by Crippen LogP contribution is 2.23. The number of nitrogens with zero attached hydrogens (tertiary/aromatic N) is 4. The molecule has 1 saturated carbocycles. The number of carbonyl (C=O) groups excluding carboxylic acids is 2. The molecule has 3 rings (SSSR count). The number of amides is 3. The van der Waals surface area contributed by atoms with Crippen molar-refractivity contribution in [2.75, 3.05) is 39.9 Å². The summed E-state index contributed by atoms with van der Waals surface area (Å²) >= 11 is 0. The number of ether oxygens (including phenoxy) is 1. The Morgan fingerprint density at radius 3 is 2.42 bits per heavy atom. The maximum Gasteiger partial charge on any atom is 0.317 e. The molecule has 3 amide bonds. The minimum atomic E-state index is -0.278. The lowest BCUT2D eigenvalue weighted by Gasteiger charge is -2.36. The third kappa shape index (κ3) is 5.97. The van der Waals surface area contributed by atoms with Gasteiger partial charge < -0.3 is 24.4 Å². The van der Waals surface area contributed by atoms with E-state index in [9.17, 15) is 14.9 Å². The Morgan fingerprint density at radius 1 is 1.18 bits per heavy atom. The first kappa shape index (κ1) is 24.8. The number of urea groups is 1. The number of hydrogen-bond donors (Lipinski definition) is 1. The number of carbonyl (C=O) groups is 2. The second-order valence-electron chi connectivity index (χ2n) is 9.23. The number of nitriles is 1. The molecule has 180 valence electrons. The summed E-state index contributed by atoms with van der Waals surface area (Å²) in [4.78, 5) is 29.1. The standard InChI is InChI=1S/C25H37N5O3/c1-18-14-21(20(3)30(18)19(2)17-33-4)15-22(16-26)24(31)28-10-12-29(13-11-28)25(32)27-23-8-6-5-7-9-23/h14-15,19,23H,5-13,17H2,1-4H3,(H,27,32)/b22-15+. The Hall–Kier alpha value is -2.79. The van der Waals surface area contributed by atoms with Crippen molar-refractivity contribution in [1.29, 1.82) is 5.26 Å².